The van der Waals surface area contributed by atoms with Crippen molar-refractivity contribution in [2.45, 2.75) is 40.0 Å². The number of hydrogen-bond acceptors (Lipinski definition) is 3. The molecule has 1 unspecified atom stereocenters. The summed E-state index contributed by atoms with van der Waals surface area (Å²) in [5, 5.41) is 0. The Morgan fingerprint density at radius 1 is 1.64 bits per heavy atom. The molecule has 0 fully saturated rings. The molecule has 0 bridgehead atoms. The van der Waals surface area contributed by atoms with Gasteiger partial charge in [-0.1, -0.05) is 26.7 Å². The van der Waals surface area contributed by atoms with Crippen molar-refractivity contribution in [2.75, 3.05) is 0 Å². The Kier molecular flexibility index (Phi) is 3.86. The maximum Gasteiger partial charge on any atom is 0.191 e. The molecule has 0 aliphatic heterocycles. The smallest absolute Gasteiger partial charge is 0.191 e. The Bertz CT molecular complexity index is 304. The minimum atomic E-state index is 0.0550. The molecule has 0 spiro atoms. The lowest BCUT2D eigenvalue weighted by molar-refractivity contribution is 0.0917. The minimum absolute atomic E-state index is 0.0550. The van der Waals surface area contributed by atoms with Crippen LogP contribution in [0.25, 0.3) is 0 Å². The second-order valence-electron chi connectivity index (χ2n) is 3.66. The normalized spacial score (nSPS) is 12.8. The molecule has 0 N–H and O–H groups in total. The molecule has 3 heteroatoms. The first-order valence-electron chi connectivity index (χ1n) is 5.11. The highest BCUT2D eigenvalue weighted by Crippen LogP contribution is 2.14. The number of nitrogens with zero attached hydrogens (tertiary/aromatic N) is 1. The van der Waals surface area contributed by atoms with Gasteiger partial charge in [-0.2, -0.15) is 0 Å². The predicted molar refractivity (Wildman–Crippen MR) is 54.3 cm³/mol. The van der Waals surface area contributed by atoms with E-state index in [0.717, 1.165) is 19.3 Å². The van der Waals surface area contributed by atoms with Crippen molar-refractivity contribution in [1.29, 1.82) is 0 Å². The summed E-state index contributed by atoms with van der Waals surface area (Å²) in [6.45, 7) is 5.81. The van der Waals surface area contributed by atoms with Gasteiger partial charge in [0.25, 0.3) is 0 Å². The molecule has 0 aliphatic rings. The summed E-state index contributed by atoms with van der Waals surface area (Å²) in [5.74, 6) is 0.700. The fourth-order valence-corrected chi connectivity index (χ4v) is 1.37. The molecular formula is C11H17NO2. The molecule has 1 aromatic heterocycles. The standard InChI is InChI=1S/C11H17NO2/c1-4-5-6-8(2)11(13)10-7-14-9(3)12-10/h7-8H,4-6H2,1-3H3. The third kappa shape index (κ3) is 2.69. The van der Waals surface area contributed by atoms with Gasteiger partial charge in [-0.3, -0.25) is 4.79 Å². The largest absolute Gasteiger partial charge is 0.449 e. The van der Waals surface area contributed by atoms with E-state index in [-0.39, 0.29) is 11.7 Å². The lowest BCUT2D eigenvalue weighted by atomic mass is 9.98. The Labute approximate surface area is 84.5 Å². The number of rotatable bonds is 5. The molecule has 0 amide bonds. The lowest BCUT2D eigenvalue weighted by Crippen LogP contribution is -2.11. The zero-order chi connectivity index (χ0) is 10.6. The minimum Gasteiger partial charge on any atom is -0.449 e. The van der Waals surface area contributed by atoms with Gasteiger partial charge in [-0.05, 0) is 6.42 Å². The number of hydrogen-bond donors (Lipinski definition) is 0. The van der Waals surface area contributed by atoms with E-state index < -0.39 is 0 Å². The SMILES string of the molecule is CCCCC(C)C(=O)c1coc(C)n1. The van der Waals surface area contributed by atoms with Crippen molar-refractivity contribution in [1.82, 2.24) is 4.98 Å². The maximum absolute atomic E-state index is 11.7. The first kappa shape index (κ1) is 11.0. The molecule has 0 aromatic carbocycles. The lowest BCUT2D eigenvalue weighted by Gasteiger charge is -2.06. The molecule has 3 nitrogen and oxygen atoms in total. The van der Waals surface area contributed by atoms with Gasteiger partial charge < -0.3 is 4.42 Å². The second-order valence-corrected chi connectivity index (χ2v) is 3.66. The van der Waals surface area contributed by atoms with Crippen LogP contribution < -0.4 is 0 Å². The third-order valence-corrected chi connectivity index (χ3v) is 2.31. The number of carbonyl (C=O) groups excluding carboxylic acids is 1. The molecule has 1 rings (SSSR count). The van der Waals surface area contributed by atoms with Gasteiger partial charge in [-0.15, -0.1) is 0 Å². The van der Waals surface area contributed by atoms with Crippen molar-refractivity contribution < 1.29 is 9.21 Å². The highest BCUT2D eigenvalue weighted by Gasteiger charge is 2.17. The predicted octanol–water partition coefficient (Wildman–Crippen LogP) is 2.99. The third-order valence-electron chi connectivity index (χ3n) is 2.31. The Hall–Kier alpha value is -1.12. The number of oxazole rings is 1. The monoisotopic (exact) mass is 195 g/mol. The maximum atomic E-state index is 11.7. The van der Waals surface area contributed by atoms with E-state index in [1.165, 1.54) is 6.26 Å². The van der Waals surface area contributed by atoms with E-state index in [1.54, 1.807) is 6.92 Å². The van der Waals surface area contributed by atoms with Crippen molar-refractivity contribution in [3.63, 3.8) is 0 Å². The molecule has 0 radical (unpaired) electrons. The van der Waals surface area contributed by atoms with Gasteiger partial charge in [0.05, 0.1) is 0 Å². The molecule has 1 heterocycles. The van der Waals surface area contributed by atoms with Crippen LogP contribution in [0, 0.1) is 12.8 Å². The fraction of sp³-hybridized carbons (Fsp3) is 0.636. The van der Waals surface area contributed by atoms with E-state index in [4.69, 9.17) is 4.42 Å². The van der Waals surface area contributed by atoms with Gasteiger partial charge in [0.1, 0.15) is 12.0 Å². The van der Waals surface area contributed by atoms with Gasteiger partial charge in [0.15, 0.2) is 11.7 Å². The van der Waals surface area contributed by atoms with Crippen LogP contribution in [-0.4, -0.2) is 10.8 Å². The van der Waals surface area contributed by atoms with Gasteiger partial charge in [-0.25, -0.2) is 4.98 Å². The summed E-state index contributed by atoms with van der Waals surface area (Å²) in [4.78, 5) is 15.8. The Morgan fingerprint density at radius 3 is 2.86 bits per heavy atom. The number of aryl methyl sites for hydroxylation is 1. The zero-order valence-electron chi connectivity index (χ0n) is 9.04. The highest BCUT2D eigenvalue weighted by molar-refractivity contribution is 5.95. The first-order valence-corrected chi connectivity index (χ1v) is 5.11. The quantitative estimate of drug-likeness (QED) is 0.678. The zero-order valence-corrected chi connectivity index (χ0v) is 9.04. The van der Waals surface area contributed by atoms with Crippen LogP contribution in [0.1, 0.15) is 49.5 Å². The van der Waals surface area contributed by atoms with Crippen LogP contribution in [0.4, 0.5) is 0 Å². The van der Waals surface area contributed by atoms with Crippen LogP contribution in [0.5, 0.6) is 0 Å². The number of Topliss-reactive ketones (excluding diaryl/α,β-unsaturated/α-hetero) is 1. The van der Waals surface area contributed by atoms with Crippen molar-refractivity contribution in [3.8, 4) is 0 Å². The summed E-state index contributed by atoms with van der Waals surface area (Å²) in [6.07, 6.45) is 4.58. The summed E-state index contributed by atoms with van der Waals surface area (Å²) in [5.41, 5.74) is 0.464. The van der Waals surface area contributed by atoms with Crippen molar-refractivity contribution in [3.05, 3.63) is 17.8 Å². The van der Waals surface area contributed by atoms with Gasteiger partial charge in [0, 0.05) is 12.8 Å². The van der Waals surface area contributed by atoms with Gasteiger partial charge >= 0.3 is 0 Å². The topological polar surface area (TPSA) is 43.1 Å². The second kappa shape index (κ2) is 4.94. The Balaban J connectivity index is 2.56. The molecule has 0 saturated heterocycles. The molecule has 1 aromatic rings. The fourth-order valence-electron chi connectivity index (χ4n) is 1.37. The average Bonchev–Trinajstić information content (AvgIpc) is 2.60. The Morgan fingerprint density at radius 2 is 2.36 bits per heavy atom. The molecular weight excluding hydrogens is 178 g/mol. The van der Waals surface area contributed by atoms with Crippen LogP contribution in [0.3, 0.4) is 0 Å². The van der Waals surface area contributed by atoms with E-state index >= 15 is 0 Å². The average molecular weight is 195 g/mol. The van der Waals surface area contributed by atoms with Crippen LogP contribution >= 0.6 is 0 Å². The van der Waals surface area contributed by atoms with Crippen LogP contribution in [0.2, 0.25) is 0 Å². The van der Waals surface area contributed by atoms with Crippen molar-refractivity contribution >= 4 is 5.78 Å². The van der Waals surface area contributed by atoms with Crippen molar-refractivity contribution in [2.24, 2.45) is 5.92 Å². The molecule has 78 valence electrons. The number of ketones is 1. The number of unbranched alkanes of at least 4 members (excludes halogenated alkanes) is 1. The summed E-state index contributed by atoms with van der Waals surface area (Å²) >= 11 is 0. The van der Waals surface area contributed by atoms with Crippen LogP contribution in [0.15, 0.2) is 10.7 Å². The molecule has 14 heavy (non-hydrogen) atoms. The van der Waals surface area contributed by atoms with E-state index in [0.29, 0.717) is 11.6 Å². The van der Waals surface area contributed by atoms with E-state index in [1.807, 2.05) is 6.92 Å². The highest BCUT2D eigenvalue weighted by atomic mass is 16.3. The number of aromatic nitrogens is 1. The summed E-state index contributed by atoms with van der Waals surface area (Å²) in [7, 11) is 0. The molecule has 1 atom stereocenters. The summed E-state index contributed by atoms with van der Waals surface area (Å²) in [6, 6.07) is 0. The van der Waals surface area contributed by atoms with Gasteiger partial charge in [0.2, 0.25) is 0 Å². The van der Waals surface area contributed by atoms with Crippen LogP contribution in [-0.2, 0) is 0 Å². The van der Waals surface area contributed by atoms with E-state index in [2.05, 4.69) is 11.9 Å². The number of carbonyl (C=O) groups is 1. The molecule has 0 aliphatic carbocycles. The first-order chi connectivity index (χ1) is 6.65. The summed E-state index contributed by atoms with van der Waals surface area (Å²) < 4.78 is 5.01. The van der Waals surface area contributed by atoms with E-state index in [9.17, 15) is 4.79 Å². The molecule has 0 saturated carbocycles.